The summed E-state index contributed by atoms with van der Waals surface area (Å²) in [6, 6.07) is 8.54. The Morgan fingerprint density at radius 2 is 2.35 bits per heavy atom. The van der Waals surface area contributed by atoms with Crippen molar-refractivity contribution >= 4 is 28.6 Å². The average Bonchev–Trinajstić information content (AvgIpc) is 2.33. The van der Waals surface area contributed by atoms with Crippen molar-refractivity contribution < 1.29 is 9.53 Å². The Labute approximate surface area is 115 Å². The summed E-state index contributed by atoms with van der Waals surface area (Å²) < 4.78 is 4.58. The topological polar surface area (TPSA) is 38.3 Å². The van der Waals surface area contributed by atoms with Crippen molar-refractivity contribution in [3.63, 3.8) is 0 Å². The summed E-state index contributed by atoms with van der Waals surface area (Å²) in [6.07, 6.45) is 1.15. The maximum Gasteiger partial charge on any atom is 0.319 e. The van der Waals surface area contributed by atoms with Crippen molar-refractivity contribution in [1.29, 1.82) is 0 Å². The standard InChI is InChI=1S/C13H16INO2/c1-17-13(16)12(14)8-15-7-10-6-9-4-2-3-5-11(9)10/h2-5,10,12,15H,6-8H2,1H3. The van der Waals surface area contributed by atoms with Crippen LogP contribution in [0.2, 0.25) is 0 Å². The van der Waals surface area contributed by atoms with Gasteiger partial charge in [0, 0.05) is 19.0 Å². The summed E-state index contributed by atoms with van der Waals surface area (Å²) >= 11 is 2.11. The molecule has 1 N–H and O–H groups in total. The molecule has 1 aromatic carbocycles. The molecule has 0 fully saturated rings. The van der Waals surface area contributed by atoms with Crippen LogP contribution in [0.5, 0.6) is 0 Å². The summed E-state index contributed by atoms with van der Waals surface area (Å²) in [5.41, 5.74) is 2.90. The van der Waals surface area contributed by atoms with Crippen molar-refractivity contribution in [3.8, 4) is 0 Å². The number of hydrogen-bond donors (Lipinski definition) is 1. The maximum absolute atomic E-state index is 11.2. The van der Waals surface area contributed by atoms with Crippen molar-refractivity contribution in [2.45, 2.75) is 16.3 Å². The van der Waals surface area contributed by atoms with Gasteiger partial charge in [-0.2, -0.15) is 0 Å². The predicted molar refractivity (Wildman–Crippen MR) is 75.6 cm³/mol. The van der Waals surface area contributed by atoms with Crippen molar-refractivity contribution in [2.75, 3.05) is 20.2 Å². The first-order valence-corrected chi connectivity index (χ1v) is 6.97. The third kappa shape index (κ3) is 2.98. The molecule has 1 aliphatic carbocycles. The zero-order chi connectivity index (χ0) is 12.3. The van der Waals surface area contributed by atoms with Crippen LogP contribution in [0.3, 0.4) is 0 Å². The van der Waals surface area contributed by atoms with Gasteiger partial charge in [0.2, 0.25) is 0 Å². The zero-order valence-corrected chi connectivity index (χ0v) is 11.9. The van der Waals surface area contributed by atoms with Gasteiger partial charge in [-0.15, -0.1) is 0 Å². The number of nitrogens with one attached hydrogen (secondary N) is 1. The minimum atomic E-state index is -0.160. The molecule has 0 aromatic heterocycles. The normalized spacial score (nSPS) is 19.1. The second kappa shape index (κ2) is 5.82. The van der Waals surface area contributed by atoms with Crippen molar-refractivity contribution in [1.82, 2.24) is 5.32 Å². The van der Waals surface area contributed by atoms with Gasteiger partial charge >= 0.3 is 5.97 Å². The van der Waals surface area contributed by atoms with Crippen molar-refractivity contribution in [2.24, 2.45) is 0 Å². The van der Waals surface area contributed by atoms with E-state index in [1.54, 1.807) is 0 Å². The van der Waals surface area contributed by atoms with E-state index >= 15 is 0 Å². The number of rotatable bonds is 5. The molecule has 3 nitrogen and oxygen atoms in total. The number of methoxy groups -OCH3 is 1. The molecule has 17 heavy (non-hydrogen) atoms. The van der Waals surface area contributed by atoms with Gasteiger partial charge in [0.05, 0.1) is 7.11 Å². The minimum Gasteiger partial charge on any atom is -0.468 e. The van der Waals surface area contributed by atoms with E-state index in [-0.39, 0.29) is 9.89 Å². The number of benzene rings is 1. The molecule has 0 spiro atoms. The second-order valence-corrected chi connectivity index (χ2v) is 5.75. The molecule has 0 saturated heterocycles. The molecule has 2 rings (SSSR count). The lowest BCUT2D eigenvalue weighted by Gasteiger charge is -2.30. The number of hydrogen-bond acceptors (Lipinski definition) is 3. The third-order valence-corrected chi connectivity index (χ3v) is 4.08. The molecule has 4 heteroatoms. The molecule has 0 amide bonds. The van der Waals surface area contributed by atoms with Gasteiger partial charge < -0.3 is 10.1 Å². The van der Waals surface area contributed by atoms with Gasteiger partial charge in [-0.3, -0.25) is 4.79 Å². The number of halogens is 1. The molecule has 2 unspecified atom stereocenters. The van der Waals surface area contributed by atoms with Gasteiger partial charge in [0.15, 0.2) is 0 Å². The Kier molecular flexibility index (Phi) is 4.39. The summed E-state index contributed by atoms with van der Waals surface area (Å²) in [6.45, 7) is 1.61. The van der Waals surface area contributed by atoms with Gasteiger partial charge in [0.1, 0.15) is 3.92 Å². The van der Waals surface area contributed by atoms with E-state index in [4.69, 9.17) is 0 Å². The predicted octanol–water partition coefficient (Wildman–Crippen LogP) is 1.89. The second-order valence-electron chi connectivity index (χ2n) is 4.25. The molecule has 1 aliphatic rings. The molecule has 0 heterocycles. The summed E-state index contributed by atoms with van der Waals surface area (Å²) in [7, 11) is 1.43. The Hall–Kier alpha value is -0.620. The highest BCUT2D eigenvalue weighted by atomic mass is 127. The Balaban J connectivity index is 1.73. The van der Waals surface area contributed by atoms with Crippen LogP contribution in [0, 0.1) is 0 Å². The fraction of sp³-hybridized carbons (Fsp3) is 0.462. The van der Waals surface area contributed by atoms with Crippen LogP contribution in [-0.2, 0) is 16.0 Å². The average molecular weight is 345 g/mol. The molecule has 1 aromatic rings. The first-order valence-electron chi connectivity index (χ1n) is 5.72. The fourth-order valence-electron chi connectivity index (χ4n) is 2.14. The highest BCUT2D eigenvalue weighted by Crippen LogP contribution is 2.33. The first-order chi connectivity index (χ1) is 8.22. The molecule has 0 bridgehead atoms. The van der Waals surface area contributed by atoms with E-state index in [2.05, 4.69) is 56.9 Å². The molecular weight excluding hydrogens is 329 g/mol. The van der Waals surface area contributed by atoms with E-state index in [1.165, 1.54) is 18.2 Å². The number of carbonyl (C=O) groups excluding carboxylic acids is 1. The Morgan fingerprint density at radius 3 is 3.06 bits per heavy atom. The van der Waals surface area contributed by atoms with E-state index in [1.807, 2.05) is 0 Å². The van der Waals surface area contributed by atoms with E-state index in [0.717, 1.165) is 13.0 Å². The molecule has 0 radical (unpaired) electrons. The molecule has 0 aliphatic heterocycles. The largest absolute Gasteiger partial charge is 0.468 e. The quantitative estimate of drug-likeness (QED) is 0.503. The summed E-state index contributed by atoms with van der Waals surface area (Å²) in [5, 5.41) is 3.33. The van der Waals surface area contributed by atoms with Crippen LogP contribution in [-0.4, -0.2) is 30.1 Å². The van der Waals surface area contributed by atoms with Crippen molar-refractivity contribution in [3.05, 3.63) is 35.4 Å². The Morgan fingerprint density at radius 1 is 1.59 bits per heavy atom. The third-order valence-electron chi connectivity index (χ3n) is 3.13. The number of fused-ring (bicyclic) bond motifs is 1. The SMILES string of the molecule is COC(=O)C(I)CNCC1Cc2ccccc21. The minimum absolute atomic E-state index is 0.104. The van der Waals surface area contributed by atoms with Gasteiger partial charge in [-0.05, 0) is 17.5 Å². The highest BCUT2D eigenvalue weighted by molar-refractivity contribution is 14.1. The Bertz CT molecular complexity index is 408. The van der Waals surface area contributed by atoms with Gasteiger partial charge in [-0.25, -0.2) is 0 Å². The lowest BCUT2D eigenvalue weighted by Crippen LogP contribution is -2.35. The van der Waals surface area contributed by atoms with Crippen LogP contribution < -0.4 is 5.32 Å². The molecular formula is C13H16INO2. The smallest absolute Gasteiger partial charge is 0.319 e. The van der Waals surface area contributed by atoms with E-state index in [9.17, 15) is 4.79 Å². The first kappa shape index (κ1) is 12.8. The summed E-state index contributed by atoms with van der Waals surface area (Å²) in [4.78, 5) is 11.2. The molecule has 2 atom stereocenters. The lowest BCUT2D eigenvalue weighted by atomic mass is 9.77. The number of esters is 1. The molecule has 0 saturated carbocycles. The van der Waals surface area contributed by atoms with E-state index < -0.39 is 0 Å². The van der Waals surface area contributed by atoms with Crippen LogP contribution in [0.15, 0.2) is 24.3 Å². The van der Waals surface area contributed by atoms with Crippen LogP contribution >= 0.6 is 22.6 Å². The zero-order valence-electron chi connectivity index (χ0n) is 9.78. The number of carbonyl (C=O) groups is 1. The summed E-state index contributed by atoms with van der Waals surface area (Å²) in [5.74, 6) is 0.444. The lowest BCUT2D eigenvalue weighted by molar-refractivity contribution is -0.139. The van der Waals surface area contributed by atoms with Crippen LogP contribution in [0.25, 0.3) is 0 Å². The van der Waals surface area contributed by atoms with E-state index in [0.29, 0.717) is 12.5 Å². The molecule has 92 valence electrons. The monoisotopic (exact) mass is 345 g/mol. The van der Waals surface area contributed by atoms with Gasteiger partial charge in [0.25, 0.3) is 0 Å². The van der Waals surface area contributed by atoms with Crippen LogP contribution in [0.4, 0.5) is 0 Å². The number of alkyl halides is 1. The van der Waals surface area contributed by atoms with Gasteiger partial charge in [-0.1, -0.05) is 46.9 Å². The number of ether oxygens (including phenoxy) is 1. The highest BCUT2D eigenvalue weighted by Gasteiger charge is 2.25. The maximum atomic E-state index is 11.2. The van der Waals surface area contributed by atoms with Crippen LogP contribution in [0.1, 0.15) is 17.0 Å². The fourth-order valence-corrected chi connectivity index (χ4v) is 2.71.